The molecule has 3 rings (SSSR count). The Balaban J connectivity index is 1.58. The van der Waals surface area contributed by atoms with Gasteiger partial charge in [0.1, 0.15) is 6.61 Å². The molecule has 0 spiro atoms. The number of unbranched alkanes of at least 4 members (excludes halogenated alkanes) is 24. The van der Waals surface area contributed by atoms with Crippen molar-refractivity contribution in [3.05, 3.63) is 108 Å². The monoisotopic (exact) mass is 934 g/mol. The van der Waals surface area contributed by atoms with Crippen molar-refractivity contribution in [1.82, 2.24) is 0 Å². The third kappa shape index (κ3) is 23.1. The van der Waals surface area contributed by atoms with Crippen molar-refractivity contribution in [2.75, 3.05) is 19.8 Å². The zero-order valence-corrected chi connectivity index (χ0v) is 42.0. The molecule has 3 N–H and O–H groups in total. The van der Waals surface area contributed by atoms with E-state index >= 15 is 0 Å². The second-order valence-corrected chi connectivity index (χ2v) is 19.7. The molecular formula is C56H88NO8P. The minimum absolute atomic E-state index is 0.138. The topological polar surface area (TPSA) is 134 Å². The number of rotatable bonds is 41. The van der Waals surface area contributed by atoms with Gasteiger partial charge in [-0.2, -0.15) is 0 Å². The van der Waals surface area contributed by atoms with E-state index in [2.05, 4.69) is 13.8 Å². The lowest BCUT2D eigenvalue weighted by Crippen LogP contribution is -2.47. The Hall–Kier alpha value is -3.33. The van der Waals surface area contributed by atoms with E-state index in [-0.39, 0.29) is 26.0 Å². The number of hydrogen-bond acceptors (Lipinski definition) is 8. The number of esters is 2. The molecule has 0 heterocycles. The van der Waals surface area contributed by atoms with Crippen LogP contribution >= 0.6 is 7.82 Å². The normalized spacial score (nSPS) is 13.5. The van der Waals surface area contributed by atoms with Gasteiger partial charge in [0.05, 0.1) is 18.1 Å². The van der Waals surface area contributed by atoms with Crippen molar-refractivity contribution in [2.45, 2.75) is 211 Å². The van der Waals surface area contributed by atoms with E-state index in [9.17, 15) is 19.0 Å². The van der Waals surface area contributed by atoms with Gasteiger partial charge in [-0.05, 0) is 29.5 Å². The third-order valence-electron chi connectivity index (χ3n) is 12.8. The van der Waals surface area contributed by atoms with Crippen LogP contribution in [0.5, 0.6) is 0 Å². The average Bonchev–Trinajstić information content (AvgIpc) is 3.33. The molecule has 2 unspecified atom stereocenters. The maximum Gasteiger partial charge on any atom is 0.472 e. The number of ether oxygens (including phenoxy) is 2. The molecule has 66 heavy (non-hydrogen) atoms. The summed E-state index contributed by atoms with van der Waals surface area (Å²) in [7, 11) is -4.87. The van der Waals surface area contributed by atoms with Gasteiger partial charge < -0.3 is 20.1 Å². The number of carbonyl (C=O) groups excluding carboxylic acids is 2. The molecule has 0 bridgehead atoms. The van der Waals surface area contributed by atoms with Crippen LogP contribution in [0.15, 0.2) is 91.0 Å². The van der Waals surface area contributed by atoms with Gasteiger partial charge >= 0.3 is 19.8 Å². The fraction of sp³-hybridized carbons (Fsp3) is 0.643. The molecule has 370 valence electrons. The first kappa shape index (κ1) is 57.0. The lowest BCUT2D eigenvalue weighted by Gasteiger charge is -2.42. The Bertz CT molecular complexity index is 1600. The summed E-state index contributed by atoms with van der Waals surface area (Å²) in [6, 6.07) is 28.9. The minimum atomic E-state index is -4.87. The molecule has 3 aromatic carbocycles. The van der Waals surface area contributed by atoms with Crippen molar-refractivity contribution in [3.8, 4) is 0 Å². The largest absolute Gasteiger partial charge is 0.472 e. The lowest BCUT2D eigenvalue weighted by atomic mass is 9.65. The summed E-state index contributed by atoms with van der Waals surface area (Å²) in [6.07, 6.45) is 29.4. The van der Waals surface area contributed by atoms with Crippen LogP contribution in [0.3, 0.4) is 0 Å². The minimum Gasteiger partial charge on any atom is -0.462 e. The van der Waals surface area contributed by atoms with Crippen LogP contribution in [0.25, 0.3) is 0 Å². The highest BCUT2D eigenvalue weighted by molar-refractivity contribution is 7.47. The summed E-state index contributed by atoms with van der Waals surface area (Å²) in [5.74, 6) is -0.871. The van der Waals surface area contributed by atoms with Gasteiger partial charge in [-0.3, -0.25) is 18.6 Å². The Morgan fingerprint density at radius 3 is 1.20 bits per heavy atom. The number of phosphoric ester groups is 1. The first-order valence-corrected chi connectivity index (χ1v) is 27.6. The van der Waals surface area contributed by atoms with Gasteiger partial charge in [0.2, 0.25) is 0 Å². The van der Waals surface area contributed by atoms with Gasteiger partial charge in [-0.25, -0.2) is 4.57 Å². The molecule has 0 aliphatic heterocycles. The van der Waals surface area contributed by atoms with Gasteiger partial charge in [0.15, 0.2) is 6.10 Å². The molecule has 3 atom stereocenters. The van der Waals surface area contributed by atoms with E-state index in [1.165, 1.54) is 116 Å². The Kier molecular flexibility index (Phi) is 30.9. The first-order chi connectivity index (χ1) is 32.3. The quantitative estimate of drug-likeness (QED) is 0.0247. The SMILES string of the molecule is CCCCCCCCCCCCCCCC(=O)OC[C@H](COP(=O)(O)OC(CN)C(c1ccccc1)(c1ccccc1)c1ccccc1)OC(=O)CCCCCCCCCCCCCCC. The average molecular weight is 934 g/mol. The van der Waals surface area contributed by atoms with Gasteiger partial charge in [0, 0.05) is 19.4 Å². The molecule has 3 aromatic rings. The first-order valence-electron chi connectivity index (χ1n) is 26.1. The molecule has 0 aliphatic rings. The van der Waals surface area contributed by atoms with Gasteiger partial charge in [-0.1, -0.05) is 259 Å². The van der Waals surface area contributed by atoms with E-state index in [4.69, 9.17) is 24.3 Å². The van der Waals surface area contributed by atoms with E-state index in [0.717, 1.165) is 55.2 Å². The highest BCUT2D eigenvalue weighted by Gasteiger charge is 2.47. The molecule has 0 radical (unpaired) electrons. The van der Waals surface area contributed by atoms with Crippen molar-refractivity contribution in [1.29, 1.82) is 0 Å². The summed E-state index contributed by atoms with van der Waals surface area (Å²) in [6.45, 7) is 3.54. The highest BCUT2D eigenvalue weighted by atomic mass is 31.2. The fourth-order valence-corrected chi connectivity index (χ4v) is 10.0. The van der Waals surface area contributed by atoms with Crippen LogP contribution in [0.1, 0.15) is 210 Å². The number of hydrogen-bond donors (Lipinski definition) is 2. The van der Waals surface area contributed by atoms with Crippen molar-refractivity contribution >= 4 is 19.8 Å². The molecule has 0 aliphatic carbocycles. The molecule has 0 saturated heterocycles. The fourth-order valence-electron chi connectivity index (χ4n) is 9.02. The van der Waals surface area contributed by atoms with Crippen LogP contribution < -0.4 is 5.73 Å². The second-order valence-electron chi connectivity index (χ2n) is 18.3. The second kappa shape index (κ2) is 35.8. The zero-order chi connectivity index (χ0) is 47.4. The maximum atomic E-state index is 14.0. The van der Waals surface area contributed by atoms with Gasteiger partial charge in [-0.15, -0.1) is 0 Å². The molecule has 0 aromatic heterocycles. The molecule has 9 nitrogen and oxygen atoms in total. The lowest BCUT2D eigenvalue weighted by molar-refractivity contribution is -0.161. The van der Waals surface area contributed by atoms with Gasteiger partial charge in [0.25, 0.3) is 0 Å². The predicted molar refractivity (Wildman–Crippen MR) is 270 cm³/mol. The molecule has 10 heteroatoms. The number of phosphoric acid groups is 1. The molecule has 0 fully saturated rings. The molecular weight excluding hydrogens is 846 g/mol. The third-order valence-corrected chi connectivity index (χ3v) is 13.8. The Labute approximate surface area is 400 Å². The molecule has 0 amide bonds. The van der Waals surface area contributed by atoms with Crippen LogP contribution in [0.4, 0.5) is 0 Å². The highest BCUT2D eigenvalue weighted by Crippen LogP contribution is 2.52. The number of benzene rings is 3. The van der Waals surface area contributed by atoms with E-state index < -0.39 is 44.0 Å². The van der Waals surface area contributed by atoms with E-state index in [1.54, 1.807) is 0 Å². The molecule has 0 saturated carbocycles. The number of carbonyl (C=O) groups is 2. The Morgan fingerprint density at radius 2 is 0.848 bits per heavy atom. The summed E-state index contributed by atoms with van der Waals surface area (Å²) in [5, 5.41) is 0. The van der Waals surface area contributed by atoms with E-state index in [1.807, 2.05) is 91.0 Å². The predicted octanol–water partition coefficient (Wildman–Crippen LogP) is 14.9. The van der Waals surface area contributed by atoms with Crippen LogP contribution in [0.2, 0.25) is 0 Å². The van der Waals surface area contributed by atoms with Crippen molar-refractivity contribution in [2.24, 2.45) is 5.73 Å². The van der Waals surface area contributed by atoms with Crippen LogP contribution in [0, 0.1) is 0 Å². The zero-order valence-electron chi connectivity index (χ0n) is 41.1. The summed E-state index contributed by atoms with van der Waals surface area (Å²) in [5.41, 5.74) is 7.80. The Morgan fingerprint density at radius 1 is 0.515 bits per heavy atom. The van der Waals surface area contributed by atoms with Crippen LogP contribution in [-0.4, -0.2) is 48.8 Å². The van der Waals surface area contributed by atoms with E-state index in [0.29, 0.717) is 12.8 Å². The summed E-state index contributed by atoms with van der Waals surface area (Å²) < 4.78 is 37.1. The van der Waals surface area contributed by atoms with Crippen molar-refractivity contribution < 1.29 is 37.6 Å². The van der Waals surface area contributed by atoms with Crippen molar-refractivity contribution in [3.63, 3.8) is 0 Å². The maximum absolute atomic E-state index is 14.0. The number of nitrogens with two attached hydrogens (primary N) is 1. The standard InChI is InChI=1S/C56H88NO8P/c1-3-5-7-9-11-13-15-17-19-21-23-25-36-44-54(58)62-47-52(64-55(59)45-37-26-24-22-20-18-16-14-12-10-8-6-4-2)48-63-66(60,61)65-53(46-57)56(49-38-30-27-31-39-49,50-40-32-28-33-41-50)51-42-34-29-35-43-51/h27-35,38-43,52-53H,3-26,36-37,44-48,57H2,1-2H3,(H,60,61)/t52-,53?/m1/s1. The smallest absolute Gasteiger partial charge is 0.462 e. The summed E-state index contributed by atoms with van der Waals surface area (Å²) >= 11 is 0. The summed E-state index contributed by atoms with van der Waals surface area (Å²) in [4.78, 5) is 37.5. The van der Waals surface area contributed by atoms with Crippen LogP contribution in [-0.2, 0) is 38.1 Å².